The molecular formula is C13H19ClMgO. The Balaban J connectivity index is 0.00000225. The molecule has 0 fully saturated rings. The first kappa shape index (κ1) is 16.2. The molecule has 0 saturated heterocycles. The van der Waals surface area contributed by atoms with Gasteiger partial charge in [0, 0.05) is 0 Å². The van der Waals surface area contributed by atoms with E-state index < -0.39 is 0 Å². The molecule has 1 nitrogen and oxygen atoms in total. The third-order valence-corrected chi connectivity index (χ3v) is 2.90. The van der Waals surface area contributed by atoms with E-state index in [2.05, 4.69) is 46.0 Å². The quantitative estimate of drug-likeness (QED) is 0.478. The van der Waals surface area contributed by atoms with E-state index in [-0.39, 0.29) is 12.4 Å². The molecule has 0 atom stereocenters. The molecule has 0 aliphatic heterocycles. The number of hydrogen-bond donors (Lipinski definition) is 0. The third-order valence-electron chi connectivity index (χ3n) is 2.40. The molecule has 86 valence electrons. The van der Waals surface area contributed by atoms with Gasteiger partial charge in [0.05, 0.1) is 0 Å². The Kier molecular flexibility index (Phi) is 11.9. The normalized spacial score (nSPS) is 9.88. The summed E-state index contributed by atoms with van der Waals surface area (Å²) in [7, 11) is 0. The van der Waals surface area contributed by atoms with Crippen molar-refractivity contribution < 1.29 is 17.1 Å². The zero-order valence-corrected chi connectivity index (χ0v) is 12.0. The molecule has 0 aliphatic carbocycles. The predicted molar refractivity (Wildman–Crippen MR) is 65.1 cm³/mol. The van der Waals surface area contributed by atoms with E-state index in [4.69, 9.17) is 4.74 Å². The molecule has 0 radical (unpaired) electrons. The molecule has 1 aromatic carbocycles. The third kappa shape index (κ3) is 8.40. The predicted octanol–water partition coefficient (Wildman–Crippen LogP) is 0.354. The van der Waals surface area contributed by atoms with Crippen LogP contribution >= 0.6 is 0 Å². The molecule has 0 heterocycles. The summed E-state index contributed by atoms with van der Waals surface area (Å²) in [4.78, 5) is 0. The minimum atomic E-state index is 0. The standard InChI is InChI=1S/C13H19O.ClH.Mg/c1-2-3-4-8-11-14-12-13-9-6-5-7-10-13;;/h5-7,9-10H,1-4,8,11-12H2;1H;/q;;+1/p-1. The second-order valence-electron chi connectivity index (χ2n) is 3.81. The zero-order chi connectivity index (χ0) is 10.8. The van der Waals surface area contributed by atoms with E-state index in [1.165, 1.54) is 35.8 Å². The van der Waals surface area contributed by atoms with Crippen molar-refractivity contribution in [3.63, 3.8) is 0 Å². The van der Waals surface area contributed by atoms with Crippen molar-refractivity contribution in [3.8, 4) is 0 Å². The van der Waals surface area contributed by atoms with Gasteiger partial charge in [-0.25, -0.2) is 0 Å². The van der Waals surface area contributed by atoms with Crippen LogP contribution in [0.4, 0.5) is 0 Å². The molecule has 0 aromatic heterocycles. The Morgan fingerprint density at radius 3 is 2.31 bits per heavy atom. The van der Waals surface area contributed by atoms with Crippen molar-refractivity contribution in [2.75, 3.05) is 6.61 Å². The zero-order valence-electron chi connectivity index (χ0n) is 9.83. The van der Waals surface area contributed by atoms with E-state index in [9.17, 15) is 0 Å². The van der Waals surface area contributed by atoms with Crippen molar-refractivity contribution in [2.45, 2.75) is 36.8 Å². The molecule has 1 rings (SSSR count). The van der Waals surface area contributed by atoms with Crippen LogP contribution in [-0.2, 0) is 11.3 Å². The number of ether oxygens (including phenoxy) is 1. The Bertz CT molecular complexity index is 241. The maximum absolute atomic E-state index is 5.60. The minimum absolute atomic E-state index is 0. The van der Waals surface area contributed by atoms with Crippen molar-refractivity contribution in [3.05, 3.63) is 35.9 Å². The van der Waals surface area contributed by atoms with E-state index in [1.807, 2.05) is 6.07 Å². The van der Waals surface area contributed by atoms with E-state index >= 15 is 0 Å². The number of benzene rings is 1. The van der Waals surface area contributed by atoms with Crippen molar-refractivity contribution in [2.24, 2.45) is 0 Å². The van der Waals surface area contributed by atoms with Gasteiger partial charge >= 0.3 is 106 Å². The van der Waals surface area contributed by atoms with Crippen LogP contribution in [0.5, 0.6) is 0 Å². The molecule has 0 saturated carbocycles. The van der Waals surface area contributed by atoms with Gasteiger partial charge in [-0.05, 0) is 0 Å². The summed E-state index contributed by atoms with van der Waals surface area (Å²) >= 11 is 2.07. The van der Waals surface area contributed by atoms with Crippen LogP contribution < -0.4 is 12.4 Å². The first-order chi connectivity index (χ1) is 7.43. The maximum atomic E-state index is 5.60. The fourth-order valence-corrected chi connectivity index (χ4v) is 1.85. The fourth-order valence-electron chi connectivity index (χ4n) is 1.50. The van der Waals surface area contributed by atoms with Gasteiger partial charge in [0.2, 0.25) is 0 Å². The SMILES string of the molecule is [Cl-].[Mg+][CH2]CCCCCOCc1ccccc1. The number of unbranched alkanes of at least 4 members (excludes halogenated alkanes) is 3. The fraction of sp³-hybridized carbons (Fsp3) is 0.538. The molecule has 0 spiro atoms. The molecule has 16 heavy (non-hydrogen) atoms. The molecule has 0 N–H and O–H groups in total. The number of hydrogen-bond acceptors (Lipinski definition) is 1. The van der Waals surface area contributed by atoms with Crippen LogP contribution in [0.2, 0.25) is 4.55 Å². The van der Waals surface area contributed by atoms with Crippen LogP contribution in [0.15, 0.2) is 30.3 Å². The average Bonchev–Trinajstić information content (AvgIpc) is 2.29. The topological polar surface area (TPSA) is 9.23 Å². The van der Waals surface area contributed by atoms with Gasteiger partial charge in [0.15, 0.2) is 0 Å². The van der Waals surface area contributed by atoms with Crippen LogP contribution in [0.25, 0.3) is 0 Å². The Morgan fingerprint density at radius 2 is 1.62 bits per heavy atom. The second-order valence-corrected chi connectivity index (χ2v) is 4.51. The van der Waals surface area contributed by atoms with Crippen molar-refractivity contribution >= 4 is 21.7 Å². The van der Waals surface area contributed by atoms with E-state index in [1.54, 1.807) is 0 Å². The van der Waals surface area contributed by atoms with Gasteiger partial charge in [-0.15, -0.1) is 0 Å². The summed E-state index contributed by atoms with van der Waals surface area (Å²) in [5.41, 5.74) is 1.27. The number of rotatable bonds is 8. The Hall–Kier alpha value is 0.236. The second kappa shape index (κ2) is 11.7. The summed E-state index contributed by atoms with van der Waals surface area (Å²) < 4.78 is 6.94. The molecular weight excluding hydrogens is 232 g/mol. The van der Waals surface area contributed by atoms with Gasteiger partial charge in [0.25, 0.3) is 0 Å². The molecule has 0 aliphatic rings. The summed E-state index contributed by atoms with van der Waals surface area (Å²) in [5.74, 6) is 0. The van der Waals surface area contributed by atoms with Crippen LogP contribution in [0.1, 0.15) is 31.2 Å². The van der Waals surface area contributed by atoms with Crippen LogP contribution in [0, 0.1) is 0 Å². The monoisotopic (exact) mass is 250 g/mol. The average molecular weight is 251 g/mol. The molecule has 0 unspecified atom stereocenters. The van der Waals surface area contributed by atoms with Crippen LogP contribution in [0.3, 0.4) is 0 Å². The Morgan fingerprint density at radius 1 is 0.938 bits per heavy atom. The molecule has 0 bridgehead atoms. The van der Waals surface area contributed by atoms with Crippen LogP contribution in [-0.4, -0.2) is 28.3 Å². The van der Waals surface area contributed by atoms with E-state index in [0.29, 0.717) is 0 Å². The summed E-state index contributed by atoms with van der Waals surface area (Å²) in [6.45, 7) is 1.66. The Labute approximate surface area is 118 Å². The van der Waals surface area contributed by atoms with Gasteiger partial charge in [-0.2, -0.15) is 0 Å². The summed E-state index contributed by atoms with van der Waals surface area (Å²) in [6.07, 6.45) is 5.25. The first-order valence-corrected chi connectivity index (χ1v) is 6.84. The van der Waals surface area contributed by atoms with Gasteiger partial charge in [0.1, 0.15) is 0 Å². The molecule has 1 aromatic rings. The first-order valence-electron chi connectivity index (χ1n) is 5.84. The summed E-state index contributed by atoms with van der Waals surface area (Å²) in [5, 5.41) is 0. The molecule has 0 amide bonds. The van der Waals surface area contributed by atoms with Gasteiger partial charge in [-0.3, -0.25) is 0 Å². The van der Waals surface area contributed by atoms with Crippen molar-refractivity contribution in [1.29, 1.82) is 0 Å². The van der Waals surface area contributed by atoms with Gasteiger partial charge in [-0.1, -0.05) is 0 Å². The number of halogens is 1. The van der Waals surface area contributed by atoms with Gasteiger partial charge < -0.3 is 12.4 Å². The van der Waals surface area contributed by atoms with E-state index in [0.717, 1.165) is 13.2 Å². The summed E-state index contributed by atoms with van der Waals surface area (Å²) in [6, 6.07) is 10.4. The molecule has 3 heteroatoms. The van der Waals surface area contributed by atoms with Crippen molar-refractivity contribution in [1.82, 2.24) is 0 Å².